The molecule has 0 aliphatic heterocycles. The zero-order valence-corrected chi connectivity index (χ0v) is 7.99. The van der Waals surface area contributed by atoms with Crippen molar-refractivity contribution in [3.63, 3.8) is 0 Å². The monoisotopic (exact) mass is 195 g/mol. The van der Waals surface area contributed by atoms with Crippen molar-refractivity contribution < 1.29 is 9.32 Å². The quantitative estimate of drug-likeness (QED) is 0.715. The Morgan fingerprint density at radius 2 is 2.57 bits per heavy atom. The Bertz CT molecular complexity index is 348. The maximum absolute atomic E-state index is 11.5. The number of amides is 1. The summed E-state index contributed by atoms with van der Waals surface area (Å²) >= 11 is 0. The van der Waals surface area contributed by atoms with Gasteiger partial charge < -0.3 is 15.6 Å². The van der Waals surface area contributed by atoms with Gasteiger partial charge >= 0.3 is 0 Å². The lowest BCUT2D eigenvalue weighted by Crippen LogP contribution is -2.29. The van der Waals surface area contributed by atoms with Crippen molar-refractivity contribution in [2.24, 2.45) is 5.73 Å². The first-order valence-electron chi connectivity index (χ1n) is 4.72. The highest BCUT2D eigenvalue weighted by molar-refractivity contribution is 5.92. The van der Waals surface area contributed by atoms with E-state index in [-0.39, 0.29) is 18.0 Å². The smallest absolute Gasteiger partial charge is 0.273 e. The van der Waals surface area contributed by atoms with E-state index in [1.54, 1.807) is 6.07 Å². The van der Waals surface area contributed by atoms with Crippen LogP contribution in [0, 0.1) is 0 Å². The van der Waals surface area contributed by atoms with Crippen LogP contribution in [0.15, 0.2) is 10.6 Å². The molecule has 14 heavy (non-hydrogen) atoms. The summed E-state index contributed by atoms with van der Waals surface area (Å²) in [4.78, 5) is 11.5. The fourth-order valence-electron chi connectivity index (χ4n) is 1.21. The molecule has 1 aromatic rings. The number of hydrogen-bond acceptors (Lipinski definition) is 4. The average Bonchev–Trinajstić information content (AvgIpc) is 2.72. The molecule has 0 aromatic carbocycles. The van der Waals surface area contributed by atoms with Gasteiger partial charge in [0.2, 0.25) is 0 Å². The number of aryl methyl sites for hydroxylation is 1. The highest BCUT2D eigenvalue weighted by atomic mass is 16.5. The molecule has 1 aromatic heterocycles. The number of rotatable bonds is 3. The second kappa shape index (κ2) is 3.42. The van der Waals surface area contributed by atoms with E-state index in [2.05, 4.69) is 10.5 Å². The molecule has 2 rings (SSSR count). The number of hydrogen-bond donors (Lipinski definition) is 2. The van der Waals surface area contributed by atoms with Crippen molar-refractivity contribution in [2.45, 2.75) is 31.8 Å². The SMILES string of the molecule is CCc1cc(C(=O)NC2CC2N)no1. The first-order chi connectivity index (χ1) is 6.70. The van der Waals surface area contributed by atoms with Gasteiger partial charge in [0, 0.05) is 24.6 Å². The van der Waals surface area contributed by atoms with Crippen molar-refractivity contribution >= 4 is 5.91 Å². The highest BCUT2D eigenvalue weighted by Crippen LogP contribution is 2.18. The Kier molecular flexibility index (Phi) is 2.25. The van der Waals surface area contributed by atoms with E-state index in [1.165, 1.54) is 0 Å². The fourth-order valence-corrected chi connectivity index (χ4v) is 1.21. The van der Waals surface area contributed by atoms with E-state index in [9.17, 15) is 4.79 Å². The predicted octanol–water partition coefficient (Wildman–Crippen LogP) is 0.0664. The van der Waals surface area contributed by atoms with Gasteiger partial charge in [-0.25, -0.2) is 0 Å². The number of nitrogens with zero attached hydrogens (tertiary/aromatic N) is 1. The van der Waals surface area contributed by atoms with Crippen molar-refractivity contribution in [2.75, 3.05) is 0 Å². The van der Waals surface area contributed by atoms with E-state index in [1.807, 2.05) is 6.92 Å². The van der Waals surface area contributed by atoms with Gasteiger partial charge in [0.15, 0.2) is 5.69 Å². The number of carbonyl (C=O) groups is 1. The number of nitrogens with one attached hydrogen (secondary N) is 1. The molecule has 1 aliphatic rings. The summed E-state index contributed by atoms with van der Waals surface area (Å²) in [5.74, 6) is 0.515. The third kappa shape index (κ3) is 1.77. The summed E-state index contributed by atoms with van der Waals surface area (Å²) < 4.78 is 4.92. The molecular weight excluding hydrogens is 182 g/mol. The maximum atomic E-state index is 11.5. The van der Waals surface area contributed by atoms with Gasteiger partial charge in [-0.05, 0) is 6.42 Å². The number of nitrogens with two attached hydrogens (primary N) is 1. The molecule has 0 spiro atoms. The molecule has 3 N–H and O–H groups in total. The highest BCUT2D eigenvalue weighted by Gasteiger charge is 2.35. The minimum atomic E-state index is -0.202. The van der Waals surface area contributed by atoms with Gasteiger partial charge in [0.1, 0.15) is 5.76 Å². The van der Waals surface area contributed by atoms with Crippen LogP contribution >= 0.6 is 0 Å². The summed E-state index contributed by atoms with van der Waals surface area (Å²) in [5.41, 5.74) is 5.90. The minimum Gasteiger partial charge on any atom is -0.361 e. The van der Waals surface area contributed by atoms with Gasteiger partial charge in [0.25, 0.3) is 5.91 Å². The van der Waals surface area contributed by atoms with Gasteiger partial charge in [-0.3, -0.25) is 4.79 Å². The molecule has 1 fully saturated rings. The summed E-state index contributed by atoms with van der Waals surface area (Å²) in [5, 5.41) is 6.44. The summed E-state index contributed by atoms with van der Waals surface area (Å²) in [6.07, 6.45) is 1.59. The van der Waals surface area contributed by atoms with Gasteiger partial charge in [-0.15, -0.1) is 0 Å². The van der Waals surface area contributed by atoms with E-state index < -0.39 is 0 Å². The largest absolute Gasteiger partial charge is 0.361 e. The van der Waals surface area contributed by atoms with Crippen LogP contribution < -0.4 is 11.1 Å². The second-order valence-corrected chi connectivity index (χ2v) is 3.51. The normalized spacial score (nSPS) is 24.7. The zero-order valence-electron chi connectivity index (χ0n) is 7.99. The molecule has 1 saturated carbocycles. The third-order valence-electron chi connectivity index (χ3n) is 2.30. The van der Waals surface area contributed by atoms with Crippen molar-refractivity contribution in [3.8, 4) is 0 Å². The summed E-state index contributed by atoms with van der Waals surface area (Å²) in [6.45, 7) is 1.94. The van der Waals surface area contributed by atoms with E-state index in [0.717, 1.165) is 18.6 Å². The molecule has 2 atom stereocenters. The Hall–Kier alpha value is -1.36. The maximum Gasteiger partial charge on any atom is 0.273 e. The van der Waals surface area contributed by atoms with Crippen LogP contribution in [-0.4, -0.2) is 23.1 Å². The standard InChI is InChI=1S/C9H13N3O2/c1-2-5-3-8(12-14-5)9(13)11-7-4-6(7)10/h3,6-7H,2,4,10H2,1H3,(H,11,13). The Morgan fingerprint density at radius 1 is 1.86 bits per heavy atom. The van der Waals surface area contributed by atoms with Crippen LogP contribution in [0.2, 0.25) is 0 Å². The van der Waals surface area contributed by atoms with E-state index in [0.29, 0.717) is 5.69 Å². The molecule has 1 heterocycles. The van der Waals surface area contributed by atoms with Crippen LogP contribution in [-0.2, 0) is 6.42 Å². The average molecular weight is 195 g/mol. The molecule has 5 nitrogen and oxygen atoms in total. The minimum absolute atomic E-state index is 0.108. The third-order valence-corrected chi connectivity index (χ3v) is 2.30. The Morgan fingerprint density at radius 3 is 3.07 bits per heavy atom. The Balaban J connectivity index is 1.96. The molecular formula is C9H13N3O2. The summed E-state index contributed by atoms with van der Waals surface area (Å²) in [6, 6.07) is 1.88. The molecule has 1 aliphatic carbocycles. The van der Waals surface area contributed by atoms with Crippen molar-refractivity contribution in [3.05, 3.63) is 17.5 Å². The fraction of sp³-hybridized carbons (Fsp3) is 0.556. The molecule has 2 unspecified atom stereocenters. The van der Waals surface area contributed by atoms with Crippen LogP contribution in [0.4, 0.5) is 0 Å². The molecule has 0 bridgehead atoms. The van der Waals surface area contributed by atoms with Gasteiger partial charge in [-0.1, -0.05) is 12.1 Å². The van der Waals surface area contributed by atoms with E-state index >= 15 is 0 Å². The van der Waals surface area contributed by atoms with Crippen molar-refractivity contribution in [1.82, 2.24) is 10.5 Å². The van der Waals surface area contributed by atoms with Crippen molar-refractivity contribution in [1.29, 1.82) is 0 Å². The van der Waals surface area contributed by atoms with Crippen LogP contribution in [0.25, 0.3) is 0 Å². The van der Waals surface area contributed by atoms with Crippen LogP contribution in [0.1, 0.15) is 29.6 Å². The lowest BCUT2D eigenvalue weighted by Gasteiger charge is -1.98. The summed E-state index contributed by atoms with van der Waals surface area (Å²) in [7, 11) is 0. The van der Waals surface area contributed by atoms with E-state index in [4.69, 9.17) is 10.3 Å². The van der Waals surface area contributed by atoms with Gasteiger partial charge in [0.05, 0.1) is 0 Å². The second-order valence-electron chi connectivity index (χ2n) is 3.51. The van der Waals surface area contributed by atoms with Crippen LogP contribution in [0.5, 0.6) is 0 Å². The first kappa shape index (κ1) is 9.21. The van der Waals surface area contributed by atoms with Crippen LogP contribution in [0.3, 0.4) is 0 Å². The molecule has 5 heteroatoms. The first-order valence-corrected chi connectivity index (χ1v) is 4.72. The molecule has 76 valence electrons. The van der Waals surface area contributed by atoms with Gasteiger partial charge in [-0.2, -0.15) is 0 Å². The molecule has 1 amide bonds. The lowest BCUT2D eigenvalue weighted by molar-refractivity contribution is 0.0941. The number of carbonyl (C=O) groups excluding carboxylic acids is 1. The zero-order chi connectivity index (χ0) is 10.1. The molecule has 0 saturated heterocycles. The topological polar surface area (TPSA) is 81.2 Å². The Labute approximate surface area is 81.6 Å². The predicted molar refractivity (Wildman–Crippen MR) is 49.7 cm³/mol. The number of aromatic nitrogens is 1. The molecule has 0 radical (unpaired) electrons. The lowest BCUT2D eigenvalue weighted by atomic mass is 10.3.